The van der Waals surface area contributed by atoms with E-state index in [1.165, 1.54) is 19.3 Å². The van der Waals surface area contributed by atoms with Crippen LogP contribution >= 0.6 is 0 Å². The number of piperidine rings is 1. The lowest BCUT2D eigenvalue weighted by atomic mass is 10.1. The molecule has 0 radical (unpaired) electrons. The number of nitrogens with zero attached hydrogens (tertiary/aromatic N) is 1. The molecule has 64 valence electrons. The van der Waals surface area contributed by atoms with E-state index in [2.05, 4.69) is 6.92 Å². The van der Waals surface area contributed by atoms with Crippen molar-refractivity contribution in [3.63, 3.8) is 0 Å². The van der Waals surface area contributed by atoms with Gasteiger partial charge in [-0.2, -0.15) is 0 Å². The Hall–Kier alpha value is -0.530. The van der Waals surface area contributed by atoms with Crippen LogP contribution in [0.1, 0.15) is 39.0 Å². The summed E-state index contributed by atoms with van der Waals surface area (Å²) in [5.74, 6) is 0.354. The molecule has 0 aromatic rings. The Morgan fingerprint density at radius 2 is 1.91 bits per heavy atom. The van der Waals surface area contributed by atoms with E-state index in [0.717, 1.165) is 25.9 Å². The average Bonchev–Trinajstić information content (AvgIpc) is 2.07. The van der Waals surface area contributed by atoms with Crippen molar-refractivity contribution in [2.24, 2.45) is 0 Å². The second-order valence-electron chi connectivity index (χ2n) is 3.19. The Balaban J connectivity index is 2.27. The first-order valence-electron chi connectivity index (χ1n) is 4.62. The molecule has 0 aromatic carbocycles. The summed E-state index contributed by atoms with van der Waals surface area (Å²) in [5.41, 5.74) is 0. The summed E-state index contributed by atoms with van der Waals surface area (Å²) in [5, 5.41) is 0. The minimum Gasteiger partial charge on any atom is -0.343 e. The van der Waals surface area contributed by atoms with Crippen molar-refractivity contribution in [2.75, 3.05) is 13.1 Å². The third kappa shape index (κ3) is 2.52. The fourth-order valence-electron chi connectivity index (χ4n) is 1.52. The fraction of sp³-hybridized carbons (Fsp3) is 0.889. The van der Waals surface area contributed by atoms with Gasteiger partial charge >= 0.3 is 0 Å². The summed E-state index contributed by atoms with van der Waals surface area (Å²) in [6.07, 6.45) is 5.43. The first-order chi connectivity index (χ1) is 5.34. The number of carbonyl (C=O) groups is 1. The third-order valence-electron chi connectivity index (χ3n) is 2.17. The molecular formula is C9H17NO. The molecule has 1 aliphatic heterocycles. The van der Waals surface area contributed by atoms with Crippen LogP contribution in [0, 0.1) is 0 Å². The summed E-state index contributed by atoms with van der Waals surface area (Å²) in [6, 6.07) is 0. The number of likely N-dealkylation sites (tertiary alicyclic amines) is 1. The van der Waals surface area contributed by atoms with Crippen LogP contribution in [0.2, 0.25) is 0 Å². The largest absolute Gasteiger partial charge is 0.343 e. The van der Waals surface area contributed by atoms with Crippen molar-refractivity contribution in [3.8, 4) is 0 Å². The minimum atomic E-state index is 0.354. The van der Waals surface area contributed by atoms with Crippen molar-refractivity contribution in [2.45, 2.75) is 39.0 Å². The molecular weight excluding hydrogens is 138 g/mol. The Morgan fingerprint density at radius 1 is 1.27 bits per heavy atom. The molecule has 0 spiro atoms. The molecule has 1 heterocycles. The topological polar surface area (TPSA) is 20.3 Å². The smallest absolute Gasteiger partial charge is 0.222 e. The average molecular weight is 155 g/mol. The number of hydrogen-bond donors (Lipinski definition) is 0. The second-order valence-corrected chi connectivity index (χ2v) is 3.19. The first kappa shape index (κ1) is 8.57. The van der Waals surface area contributed by atoms with Crippen molar-refractivity contribution in [1.82, 2.24) is 4.90 Å². The minimum absolute atomic E-state index is 0.354. The van der Waals surface area contributed by atoms with Gasteiger partial charge in [-0.3, -0.25) is 4.79 Å². The summed E-state index contributed by atoms with van der Waals surface area (Å²) in [7, 11) is 0. The molecule has 0 bridgehead atoms. The van der Waals surface area contributed by atoms with E-state index in [1.54, 1.807) is 0 Å². The van der Waals surface area contributed by atoms with E-state index in [9.17, 15) is 4.79 Å². The second kappa shape index (κ2) is 4.37. The lowest BCUT2D eigenvalue weighted by Gasteiger charge is -2.26. The maximum atomic E-state index is 11.3. The van der Waals surface area contributed by atoms with Gasteiger partial charge < -0.3 is 4.90 Å². The highest BCUT2D eigenvalue weighted by molar-refractivity contribution is 5.76. The lowest BCUT2D eigenvalue weighted by molar-refractivity contribution is -0.132. The zero-order valence-corrected chi connectivity index (χ0v) is 7.31. The van der Waals surface area contributed by atoms with Crippen LogP contribution < -0.4 is 0 Å². The standard InChI is InChI=1S/C9H17NO/c1-2-6-9(11)10-7-4-3-5-8-10/h2-8H2,1H3. The third-order valence-corrected chi connectivity index (χ3v) is 2.17. The quantitative estimate of drug-likeness (QED) is 0.595. The van der Waals surface area contributed by atoms with Crippen LogP contribution in [0.5, 0.6) is 0 Å². The summed E-state index contributed by atoms with van der Waals surface area (Å²) in [4.78, 5) is 13.3. The Bertz CT molecular complexity index is 128. The van der Waals surface area contributed by atoms with Gasteiger partial charge in [0.15, 0.2) is 0 Å². The monoisotopic (exact) mass is 155 g/mol. The van der Waals surface area contributed by atoms with Gasteiger partial charge in [-0.15, -0.1) is 0 Å². The normalized spacial score (nSPS) is 18.5. The lowest BCUT2D eigenvalue weighted by Crippen LogP contribution is -2.35. The Labute approximate surface area is 68.6 Å². The van der Waals surface area contributed by atoms with Gasteiger partial charge in [0.25, 0.3) is 0 Å². The molecule has 1 aliphatic rings. The molecule has 2 nitrogen and oxygen atoms in total. The number of rotatable bonds is 2. The highest BCUT2D eigenvalue weighted by atomic mass is 16.2. The van der Waals surface area contributed by atoms with Gasteiger partial charge in [-0.1, -0.05) is 6.92 Å². The molecule has 11 heavy (non-hydrogen) atoms. The molecule has 0 atom stereocenters. The van der Waals surface area contributed by atoms with Gasteiger partial charge in [-0.05, 0) is 25.7 Å². The molecule has 0 saturated carbocycles. The molecule has 2 heteroatoms. The number of carbonyl (C=O) groups excluding carboxylic acids is 1. The molecule has 1 fully saturated rings. The zero-order chi connectivity index (χ0) is 8.10. The van der Waals surface area contributed by atoms with Crippen molar-refractivity contribution in [3.05, 3.63) is 0 Å². The Kier molecular flexibility index (Phi) is 3.40. The fourth-order valence-corrected chi connectivity index (χ4v) is 1.52. The molecule has 1 rings (SSSR count). The molecule has 0 unspecified atom stereocenters. The maximum Gasteiger partial charge on any atom is 0.222 e. The number of amides is 1. The van der Waals surface area contributed by atoms with Crippen molar-refractivity contribution < 1.29 is 4.79 Å². The van der Waals surface area contributed by atoms with Gasteiger partial charge in [0, 0.05) is 19.5 Å². The van der Waals surface area contributed by atoms with Gasteiger partial charge in [0.2, 0.25) is 5.91 Å². The predicted octanol–water partition coefficient (Wildman–Crippen LogP) is 1.80. The van der Waals surface area contributed by atoms with Crippen molar-refractivity contribution >= 4 is 5.91 Å². The Morgan fingerprint density at radius 3 is 2.45 bits per heavy atom. The van der Waals surface area contributed by atoms with Gasteiger partial charge in [0.1, 0.15) is 0 Å². The highest BCUT2D eigenvalue weighted by Gasteiger charge is 2.14. The zero-order valence-electron chi connectivity index (χ0n) is 7.31. The van der Waals surface area contributed by atoms with Crippen LogP contribution in [-0.4, -0.2) is 23.9 Å². The van der Waals surface area contributed by atoms with E-state index in [-0.39, 0.29) is 0 Å². The first-order valence-corrected chi connectivity index (χ1v) is 4.62. The van der Waals surface area contributed by atoms with Crippen LogP contribution in [0.25, 0.3) is 0 Å². The molecule has 1 amide bonds. The summed E-state index contributed by atoms with van der Waals surface area (Å²) >= 11 is 0. The predicted molar refractivity (Wildman–Crippen MR) is 45.3 cm³/mol. The highest BCUT2D eigenvalue weighted by Crippen LogP contribution is 2.10. The van der Waals surface area contributed by atoms with Crippen LogP contribution in [-0.2, 0) is 4.79 Å². The summed E-state index contributed by atoms with van der Waals surface area (Å²) in [6.45, 7) is 4.06. The van der Waals surface area contributed by atoms with E-state index >= 15 is 0 Å². The van der Waals surface area contributed by atoms with E-state index in [1.807, 2.05) is 4.90 Å². The van der Waals surface area contributed by atoms with E-state index in [4.69, 9.17) is 0 Å². The van der Waals surface area contributed by atoms with Crippen LogP contribution in [0.3, 0.4) is 0 Å². The van der Waals surface area contributed by atoms with Crippen LogP contribution in [0.15, 0.2) is 0 Å². The van der Waals surface area contributed by atoms with Gasteiger partial charge in [-0.25, -0.2) is 0 Å². The van der Waals surface area contributed by atoms with Crippen molar-refractivity contribution in [1.29, 1.82) is 0 Å². The van der Waals surface area contributed by atoms with Crippen LogP contribution in [0.4, 0.5) is 0 Å². The number of hydrogen-bond acceptors (Lipinski definition) is 1. The molecule has 1 saturated heterocycles. The SMILES string of the molecule is CCCC(=O)N1CCCCC1. The maximum absolute atomic E-state index is 11.3. The van der Waals surface area contributed by atoms with E-state index < -0.39 is 0 Å². The van der Waals surface area contributed by atoms with E-state index in [0.29, 0.717) is 5.91 Å². The molecule has 0 N–H and O–H groups in total. The molecule has 0 aromatic heterocycles. The summed E-state index contributed by atoms with van der Waals surface area (Å²) < 4.78 is 0. The van der Waals surface area contributed by atoms with Gasteiger partial charge in [0.05, 0.1) is 0 Å². The molecule has 0 aliphatic carbocycles.